The topological polar surface area (TPSA) is 324 Å². The molecule has 0 aromatic carbocycles. The Balaban J connectivity index is 1.92. The van der Waals surface area contributed by atoms with Crippen LogP contribution >= 0.6 is 0 Å². The number of rotatable bonds is 20. The molecule has 4 heterocycles. The summed E-state index contributed by atoms with van der Waals surface area (Å²) < 4.78 is 85.1. The van der Waals surface area contributed by atoms with Crippen molar-refractivity contribution in [3.8, 4) is 0 Å². The van der Waals surface area contributed by atoms with Crippen LogP contribution in [0.1, 0.15) is 154 Å². The average molecular weight is 1160 g/mol. The zero-order valence-electron chi connectivity index (χ0n) is 49.0. The molecule has 26 nitrogen and oxygen atoms in total. The summed E-state index contributed by atoms with van der Waals surface area (Å²) in [5.41, 5.74) is 0. The molecular formula is C55H86N2O24. The van der Waals surface area contributed by atoms with E-state index in [1.54, 1.807) is 6.92 Å². The summed E-state index contributed by atoms with van der Waals surface area (Å²) in [7, 11) is 0. The lowest BCUT2D eigenvalue weighted by atomic mass is 9.85. The Kier molecular flexibility index (Phi) is 27.6. The van der Waals surface area contributed by atoms with Crippen LogP contribution in [0.5, 0.6) is 0 Å². The number of carbonyl (C=O) groups excluding carboxylic acids is 10. The monoisotopic (exact) mass is 1160 g/mol. The number of carbonyl (C=O) groups is 10. The molecule has 460 valence electrons. The lowest BCUT2D eigenvalue weighted by molar-refractivity contribution is -0.380. The molecule has 4 unspecified atom stereocenters. The largest absolute Gasteiger partial charge is 0.463 e. The summed E-state index contributed by atoms with van der Waals surface area (Å²) >= 11 is 0. The van der Waals surface area contributed by atoms with Crippen molar-refractivity contribution in [3.05, 3.63) is 0 Å². The molecule has 0 radical (unpaired) electrons. The molecule has 4 saturated heterocycles. The number of nitrogens with one attached hydrogen (secondary N) is 2. The number of hydrogen-bond donors (Lipinski definition) is 2. The van der Waals surface area contributed by atoms with E-state index in [2.05, 4.69) is 17.6 Å². The Morgan fingerprint density at radius 2 is 0.951 bits per heavy atom. The van der Waals surface area contributed by atoms with E-state index in [9.17, 15) is 47.9 Å². The summed E-state index contributed by atoms with van der Waals surface area (Å²) in [6.45, 7) is 16.5. The minimum atomic E-state index is -1.95. The lowest BCUT2D eigenvalue weighted by Crippen LogP contribution is -2.70. The van der Waals surface area contributed by atoms with E-state index in [4.69, 9.17) is 66.3 Å². The van der Waals surface area contributed by atoms with E-state index in [1.807, 2.05) is 13.8 Å². The molecule has 0 aromatic heterocycles. The summed E-state index contributed by atoms with van der Waals surface area (Å²) in [5.74, 6) is -7.65. The van der Waals surface area contributed by atoms with Crippen molar-refractivity contribution in [3.63, 3.8) is 0 Å². The van der Waals surface area contributed by atoms with Gasteiger partial charge in [0.05, 0.1) is 18.2 Å². The Morgan fingerprint density at radius 3 is 1.43 bits per heavy atom. The molecule has 0 aliphatic carbocycles. The Hall–Kier alpha value is -5.54. The van der Waals surface area contributed by atoms with Crippen LogP contribution in [0.2, 0.25) is 0 Å². The predicted octanol–water partition coefficient (Wildman–Crippen LogP) is 3.50. The van der Waals surface area contributed by atoms with E-state index in [1.165, 1.54) is 13.8 Å². The van der Waals surface area contributed by atoms with Crippen LogP contribution in [0.25, 0.3) is 0 Å². The fourth-order valence-corrected chi connectivity index (χ4v) is 10.9. The molecule has 19 atom stereocenters. The van der Waals surface area contributed by atoms with Crippen LogP contribution in [0, 0.1) is 17.8 Å². The zero-order valence-corrected chi connectivity index (χ0v) is 49.0. The molecule has 4 rings (SSSR count). The first kappa shape index (κ1) is 68.0. The molecule has 0 bridgehead atoms. The fourth-order valence-electron chi connectivity index (χ4n) is 10.9. The SMILES string of the molecule is CCC1CCCC(CC)C(=O)NCCCC(CC)C(O[C@@H]2O[C@@H](C)[C@H](OC(C)=O)[C@@H](NC(C)=O)[C@H]2O[C@@H]2O[C@@H](COC(C)=O)[C@H](O[C@H]3O[C@@H](COC(C)=O)[C@H](OC(C)=O)[C@@H](OC(C)=O)[C@@H]3OC(C)=O)[C@@H](OC(C)=O)[C@@H]2OC(C)=O)CC1. The Labute approximate surface area is 473 Å². The maximum absolute atomic E-state index is 13.3. The maximum Gasteiger partial charge on any atom is 0.303 e. The minimum absolute atomic E-state index is 0.0287. The second-order valence-corrected chi connectivity index (χ2v) is 20.9. The van der Waals surface area contributed by atoms with Crippen molar-refractivity contribution in [2.45, 2.75) is 252 Å². The van der Waals surface area contributed by atoms with Crippen LogP contribution in [0.15, 0.2) is 0 Å². The quantitative estimate of drug-likeness (QED) is 0.130. The zero-order chi connectivity index (χ0) is 60.2. The second kappa shape index (κ2) is 32.9. The molecule has 0 aromatic rings. The van der Waals surface area contributed by atoms with Crippen LogP contribution in [0.4, 0.5) is 0 Å². The first-order chi connectivity index (χ1) is 38.3. The van der Waals surface area contributed by atoms with Crippen LogP contribution in [-0.2, 0) is 114 Å². The number of ether oxygens (including phenoxy) is 14. The van der Waals surface area contributed by atoms with Gasteiger partial charge in [-0.25, -0.2) is 0 Å². The highest BCUT2D eigenvalue weighted by Gasteiger charge is 2.59. The van der Waals surface area contributed by atoms with Crippen LogP contribution in [-0.4, -0.2) is 177 Å². The standard InChI is InChI=1S/C55H86N2O24/c1-14-37-19-17-20-39(16-3)52(67)56-24-18-21-38(15-2)40(23-22-37)77-53-47(43(57-28(5)58)44(27(4)70-53)71-31(8)61)81-55-51(76-36(13)66)49(74-34(11)64)46(42(79-55)26-69-30(7)60)80-54-50(75-35(12)65)48(73-33(10)63)45(72-32(9)62)41(78-54)25-68-29(6)59/h27,37-51,53-55H,14-26H2,1-13H3,(H,56,67)(H,57,58)/t27-,37?,38?,39?,40?,41-,42-,43+,44-,45-,46-,47+,48+,49+,50-,51-,53-,54+,55-/m0/s1. The molecule has 4 fully saturated rings. The van der Waals surface area contributed by atoms with Crippen LogP contribution in [0.3, 0.4) is 0 Å². The molecule has 0 spiro atoms. The van der Waals surface area contributed by atoms with Gasteiger partial charge >= 0.3 is 47.8 Å². The molecular weight excluding hydrogens is 1070 g/mol. The first-order valence-corrected chi connectivity index (χ1v) is 28.0. The van der Waals surface area contributed by atoms with Crippen LogP contribution < -0.4 is 10.6 Å². The smallest absolute Gasteiger partial charge is 0.303 e. The maximum atomic E-state index is 13.3. The van der Waals surface area contributed by atoms with Crippen molar-refractivity contribution in [2.75, 3.05) is 19.8 Å². The van der Waals surface area contributed by atoms with E-state index in [0.717, 1.165) is 87.0 Å². The van der Waals surface area contributed by atoms with Gasteiger partial charge in [0.2, 0.25) is 11.8 Å². The molecule has 2 amide bonds. The van der Waals surface area contributed by atoms with E-state index in [0.29, 0.717) is 32.2 Å². The van der Waals surface area contributed by atoms with Gasteiger partial charge in [0.15, 0.2) is 55.5 Å². The van der Waals surface area contributed by atoms with Gasteiger partial charge in [-0.15, -0.1) is 0 Å². The Bertz CT molecular complexity index is 2140. The lowest BCUT2D eigenvalue weighted by Gasteiger charge is -2.51. The van der Waals surface area contributed by atoms with Gasteiger partial charge in [0, 0.05) is 74.8 Å². The van der Waals surface area contributed by atoms with Gasteiger partial charge in [-0.2, -0.15) is 0 Å². The summed E-state index contributed by atoms with van der Waals surface area (Å²) in [4.78, 5) is 129. The summed E-state index contributed by atoms with van der Waals surface area (Å²) in [6, 6.07) is -1.30. The minimum Gasteiger partial charge on any atom is -0.463 e. The third-order valence-electron chi connectivity index (χ3n) is 14.5. The first-order valence-electron chi connectivity index (χ1n) is 28.0. The predicted molar refractivity (Wildman–Crippen MR) is 277 cm³/mol. The fraction of sp³-hybridized carbons (Fsp3) is 0.818. The van der Waals surface area contributed by atoms with E-state index >= 15 is 0 Å². The summed E-state index contributed by atoms with van der Waals surface area (Å²) in [5, 5.41) is 5.96. The van der Waals surface area contributed by atoms with Crippen molar-refractivity contribution in [2.24, 2.45) is 17.8 Å². The van der Waals surface area contributed by atoms with E-state index in [-0.39, 0.29) is 23.7 Å². The average Bonchev–Trinajstić information content (AvgIpc) is 3.47. The van der Waals surface area contributed by atoms with Gasteiger partial charge in [-0.05, 0) is 57.3 Å². The second-order valence-electron chi connectivity index (χ2n) is 20.9. The van der Waals surface area contributed by atoms with Gasteiger partial charge < -0.3 is 76.9 Å². The number of esters is 8. The third kappa shape index (κ3) is 21.0. The highest BCUT2D eigenvalue weighted by molar-refractivity contribution is 5.78. The Morgan fingerprint density at radius 1 is 0.481 bits per heavy atom. The van der Waals surface area contributed by atoms with E-state index < -0.39 is 165 Å². The van der Waals surface area contributed by atoms with Gasteiger partial charge in [-0.3, -0.25) is 47.9 Å². The van der Waals surface area contributed by atoms with Crippen molar-refractivity contribution >= 4 is 59.6 Å². The molecule has 26 heteroatoms. The highest BCUT2D eigenvalue weighted by atomic mass is 16.8. The third-order valence-corrected chi connectivity index (χ3v) is 14.5. The summed E-state index contributed by atoms with van der Waals surface area (Å²) in [6.07, 6.45) is -16.0. The molecule has 81 heavy (non-hydrogen) atoms. The highest BCUT2D eigenvalue weighted by Crippen LogP contribution is 2.39. The van der Waals surface area contributed by atoms with Crippen molar-refractivity contribution in [1.29, 1.82) is 0 Å². The molecule has 4 aliphatic heterocycles. The number of amides is 2. The van der Waals surface area contributed by atoms with Crippen molar-refractivity contribution < 1.29 is 114 Å². The van der Waals surface area contributed by atoms with Gasteiger partial charge in [-0.1, -0.05) is 46.5 Å². The molecule has 2 N–H and O–H groups in total. The normalized spacial score (nSPS) is 34.0. The molecule has 4 aliphatic rings. The number of hydrogen-bond acceptors (Lipinski definition) is 24. The molecule has 0 saturated carbocycles. The van der Waals surface area contributed by atoms with Crippen molar-refractivity contribution in [1.82, 2.24) is 10.6 Å². The van der Waals surface area contributed by atoms with Gasteiger partial charge in [0.25, 0.3) is 0 Å². The van der Waals surface area contributed by atoms with Gasteiger partial charge in [0.1, 0.15) is 37.6 Å².